The topological polar surface area (TPSA) is 123 Å². The molecule has 0 bridgehead atoms. The molecular weight excluding hydrogens is 548 g/mol. The highest BCUT2D eigenvalue weighted by molar-refractivity contribution is 6.32. The Kier molecular flexibility index (Phi) is 9.40. The molecule has 0 aliphatic carbocycles. The van der Waals surface area contributed by atoms with Crippen LogP contribution in [0.3, 0.4) is 0 Å². The van der Waals surface area contributed by atoms with Crippen LogP contribution in [0.4, 0.5) is 22.0 Å². The molecule has 216 valence electrons. The molecule has 0 atom stereocenters. The summed E-state index contributed by atoms with van der Waals surface area (Å²) < 4.78 is 18.8. The number of urea groups is 1. The highest BCUT2D eigenvalue weighted by atomic mass is 35.5. The van der Waals surface area contributed by atoms with Crippen LogP contribution in [-0.2, 0) is 11.3 Å². The van der Waals surface area contributed by atoms with Crippen LogP contribution in [0.25, 0.3) is 11.0 Å². The summed E-state index contributed by atoms with van der Waals surface area (Å²) in [5.74, 6) is 1.98. The molecular formula is C29H33ClN6O5. The van der Waals surface area contributed by atoms with E-state index in [0.717, 1.165) is 28.2 Å². The third kappa shape index (κ3) is 7.18. The second-order valence-electron chi connectivity index (χ2n) is 9.53. The van der Waals surface area contributed by atoms with Crippen molar-refractivity contribution in [3.8, 4) is 11.5 Å². The van der Waals surface area contributed by atoms with Crippen molar-refractivity contribution in [2.24, 2.45) is 0 Å². The van der Waals surface area contributed by atoms with Crippen LogP contribution in [0.1, 0.15) is 12.8 Å². The molecule has 5 rings (SSSR count). The van der Waals surface area contributed by atoms with E-state index < -0.39 is 0 Å². The Morgan fingerprint density at radius 1 is 1.07 bits per heavy atom. The van der Waals surface area contributed by atoms with E-state index in [-0.39, 0.29) is 18.7 Å². The number of benzene rings is 2. The highest BCUT2D eigenvalue weighted by Gasteiger charge is 2.24. The Morgan fingerprint density at radius 2 is 1.85 bits per heavy atom. The number of aliphatic hydroxyl groups excluding tert-OH is 1. The summed E-state index contributed by atoms with van der Waals surface area (Å²) in [7, 11) is 1.61. The first kappa shape index (κ1) is 28.5. The molecule has 11 nitrogen and oxygen atoms in total. The average Bonchev–Trinajstić information content (AvgIpc) is 3.41. The van der Waals surface area contributed by atoms with Gasteiger partial charge < -0.3 is 39.4 Å². The fourth-order valence-electron chi connectivity index (χ4n) is 4.68. The van der Waals surface area contributed by atoms with E-state index in [1.54, 1.807) is 18.1 Å². The number of aliphatic hydroxyl groups is 1. The molecule has 2 amide bonds. The third-order valence-corrected chi connectivity index (χ3v) is 7.12. The van der Waals surface area contributed by atoms with Gasteiger partial charge in [-0.2, -0.15) is 0 Å². The normalized spacial score (nSPS) is 13.8. The molecule has 0 saturated carbocycles. The number of halogens is 1. The van der Waals surface area contributed by atoms with Crippen LogP contribution in [0.15, 0.2) is 61.1 Å². The third-order valence-electron chi connectivity index (χ3n) is 6.82. The number of hydrogen-bond acceptors (Lipinski definition) is 8. The van der Waals surface area contributed by atoms with Crippen LogP contribution in [0, 0.1) is 0 Å². The number of anilines is 3. The maximum Gasteiger partial charge on any atom is 0.321 e. The van der Waals surface area contributed by atoms with Gasteiger partial charge in [-0.25, -0.2) is 14.8 Å². The van der Waals surface area contributed by atoms with Crippen molar-refractivity contribution in [1.29, 1.82) is 0 Å². The Hall–Kier alpha value is -4.06. The monoisotopic (exact) mass is 580 g/mol. The largest absolute Gasteiger partial charge is 0.497 e. The quantitative estimate of drug-likeness (QED) is 0.214. The molecule has 2 aromatic heterocycles. The minimum absolute atomic E-state index is 0.00940. The number of aromatic nitrogens is 3. The molecule has 0 radical (unpaired) electrons. The first-order valence-corrected chi connectivity index (χ1v) is 13.8. The molecule has 1 aliphatic heterocycles. The summed E-state index contributed by atoms with van der Waals surface area (Å²) in [6.07, 6.45) is 4.80. The highest BCUT2D eigenvalue weighted by Crippen LogP contribution is 2.32. The number of piperidine rings is 1. The lowest BCUT2D eigenvalue weighted by Gasteiger charge is -2.32. The van der Waals surface area contributed by atoms with Crippen molar-refractivity contribution in [1.82, 2.24) is 19.4 Å². The van der Waals surface area contributed by atoms with Gasteiger partial charge in [0, 0.05) is 50.0 Å². The van der Waals surface area contributed by atoms with Crippen LogP contribution in [0.2, 0.25) is 5.02 Å². The van der Waals surface area contributed by atoms with Gasteiger partial charge in [-0.3, -0.25) is 0 Å². The Balaban J connectivity index is 1.16. The van der Waals surface area contributed by atoms with Gasteiger partial charge in [0.1, 0.15) is 29.4 Å². The molecule has 2 aromatic carbocycles. The Labute approximate surface area is 243 Å². The van der Waals surface area contributed by atoms with E-state index in [0.29, 0.717) is 62.3 Å². The number of nitrogens with zero attached hydrogens (tertiary/aromatic N) is 4. The van der Waals surface area contributed by atoms with Gasteiger partial charge in [-0.1, -0.05) is 11.6 Å². The van der Waals surface area contributed by atoms with Crippen molar-refractivity contribution in [2.45, 2.75) is 25.5 Å². The lowest BCUT2D eigenvalue weighted by Crippen LogP contribution is -2.43. The zero-order valence-electron chi connectivity index (χ0n) is 22.8. The van der Waals surface area contributed by atoms with Crippen molar-refractivity contribution in [3.63, 3.8) is 0 Å². The Bertz CT molecular complexity index is 1460. The predicted octanol–water partition coefficient (Wildman–Crippen LogP) is 4.92. The zero-order valence-corrected chi connectivity index (χ0v) is 23.5. The molecule has 0 spiro atoms. The van der Waals surface area contributed by atoms with E-state index in [9.17, 15) is 4.79 Å². The number of carbonyl (C=O) groups is 1. The first-order valence-electron chi connectivity index (χ1n) is 13.5. The second kappa shape index (κ2) is 13.5. The number of amides is 2. The van der Waals surface area contributed by atoms with Crippen LogP contribution in [0.5, 0.6) is 11.5 Å². The molecule has 3 N–H and O–H groups in total. The lowest BCUT2D eigenvalue weighted by atomic mass is 10.1. The number of hydrogen-bond donors (Lipinski definition) is 3. The standard InChI is InChI=1S/C29H33ClN6O5/c1-39-22-5-2-20(3-6-22)34-29(38)36-11-8-23(9-12-36)41-26-7-4-21(18-24(26)30)33-28-27-25(31-19-32-28)10-13-35(27)14-16-40-17-15-37/h2-7,10,13,18-19,23,37H,8-9,11-12,14-17H2,1H3,(H,34,38)(H,31,32,33). The zero-order chi connectivity index (χ0) is 28.6. The van der Waals surface area contributed by atoms with E-state index in [1.165, 1.54) is 6.33 Å². The van der Waals surface area contributed by atoms with Gasteiger partial charge in [0.05, 0.1) is 37.5 Å². The van der Waals surface area contributed by atoms with Gasteiger partial charge in [-0.15, -0.1) is 0 Å². The van der Waals surface area contributed by atoms with Crippen molar-refractivity contribution in [2.75, 3.05) is 50.7 Å². The number of ether oxygens (including phenoxy) is 3. The van der Waals surface area contributed by atoms with Crippen molar-refractivity contribution >= 4 is 45.9 Å². The summed E-state index contributed by atoms with van der Waals surface area (Å²) in [6.45, 7) is 2.51. The molecule has 1 aliphatic rings. The summed E-state index contributed by atoms with van der Waals surface area (Å²) in [5.41, 5.74) is 3.13. The van der Waals surface area contributed by atoms with Crippen molar-refractivity contribution < 1.29 is 24.1 Å². The van der Waals surface area contributed by atoms with Gasteiger partial charge in [0.2, 0.25) is 0 Å². The lowest BCUT2D eigenvalue weighted by molar-refractivity contribution is 0.0875. The number of fused-ring (bicyclic) bond motifs is 1. The number of carbonyl (C=O) groups excluding carboxylic acids is 1. The first-order chi connectivity index (χ1) is 20.0. The van der Waals surface area contributed by atoms with E-state index in [4.69, 9.17) is 30.9 Å². The van der Waals surface area contributed by atoms with E-state index in [2.05, 4.69) is 20.6 Å². The summed E-state index contributed by atoms with van der Waals surface area (Å²) in [5, 5.41) is 15.7. The number of rotatable bonds is 11. The molecule has 1 saturated heterocycles. The minimum atomic E-state index is -0.135. The summed E-state index contributed by atoms with van der Waals surface area (Å²) >= 11 is 6.61. The van der Waals surface area contributed by atoms with Crippen LogP contribution >= 0.6 is 11.6 Å². The fraction of sp³-hybridized carbons (Fsp3) is 0.345. The van der Waals surface area contributed by atoms with Crippen LogP contribution in [-0.4, -0.2) is 76.7 Å². The summed E-state index contributed by atoms with van der Waals surface area (Å²) in [6, 6.07) is 14.6. The van der Waals surface area contributed by atoms with Crippen molar-refractivity contribution in [3.05, 3.63) is 66.1 Å². The summed E-state index contributed by atoms with van der Waals surface area (Å²) in [4.78, 5) is 23.3. The van der Waals surface area contributed by atoms with Crippen LogP contribution < -0.4 is 20.1 Å². The molecule has 1 fully saturated rings. The smallest absolute Gasteiger partial charge is 0.321 e. The SMILES string of the molecule is COc1ccc(NC(=O)N2CCC(Oc3ccc(Nc4ncnc5ccn(CCOCCO)c45)cc3Cl)CC2)cc1. The van der Waals surface area contributed by atoms with Gasteiger partial charge >= 0.3 is 6.03 Å². The molecule has 3 heterocycles. The molecule has 12 heteroatoms. The average molecular weight is 581 g/mol. The fourth-order valence-corrected chi connectivity index (χ4v) is 4.91. The molecule has 4 aromatic rings. The van der Waals surface area contributed by atoms with Gasteiger partial charge in [0.15, 0.2) is 5.82 Å². The number of methoxy groups -OCH3 is 1. The molecule has 41 heavy (non-hydrogen) atoms. The van der Waals surface area contributed by atoms with Gasteiger partial charge in [-0.05, 0) is 48.5 Å². The van der Waals surface area contributed by atoms with Gasteiger partial charge in [0.25, 0.3) is 0 Å². The Morgan fingerprint density at radius 3 is 2.59 bits per heavy atom. The maximum atomic E-state index is 12.7. The maximum absolute atomic E-state index is 12.7. The second-order valence-corrected chi connectivity index (χ2v) is 9.94. The number of likely N-dealkylation sites (tertiary alicyclic amines) is 1. The van der Waals surface area contributed by atoms with E-state index in [1.807, 2.05) is 53.2 Å². The molecule has 0 unspecified atom stereocenters. The minimum Gasteiger partial charge on any atom is -0.497 e. The predicted molar refractivity (Wildman–Crippen MR) is 157 cm³/mol. The van der Waals surface area contributed by atoms with E-state index >= 15 is 0 Å². The number of nitrogens with one attached hydrogen (secondary N) is 2.